The van der Waals surface area contributed by atoms with Crippen molar-refractivity contribution >= 4 is 21.4 Å². The lowest BCUT2D eigenvalue weighted by Gasteiger charge is -2.31. The van der Waals surface area contributed by atoms with Crippen LogP contribution in [0, 0.1) is 11.7 Å². The minimum absolute atomic E-state index is 0.0360. The number of ether oxygens (including phenoxy) is 1. The maximum atomic E-state index is 13.7. The third kappa shape index (κ3) is 4.19. The molecule has 1 aliphatic rings. The first-order valence-corrected chi connectivity index (χ1v) is 11.5. The number of methoxy groups -OCH3 is 1. The number of rotatable bonds is 6. The Morgan fingerprint density at radius 3 is 3.00 bits per heavy atom. The molecule has 0 spiro atoms. The van der Waals surface area contributed by atoms with Crippen LogP contribution in [-0.4, -0.2) is 43.1 Å². The van der Waals surface area contributed by atoms with Crippen LogP contribution in [0.15, 0.2) is 44.4 Å². The van der Waals surface area contributed by atoms with E-state index in [1.807, 2.05) is 16.8 Å². The average Bonchev–Trinajstić information content (AvgIpc) is 3.40. The molecule has 0 N–H and O–H groups in total. The van der Waals surface area contributed by atoms with Gasteiger partial charge in [-0.15, -0.1) is 0 Å². The summed E-state index contributed by atoms with van der Waals surface area (Å²) in [6, 6.07) is 5.43. The van der Waals surface area contributed by atoms with E-state index in [2.05, 4.69) is 10.1 Å². The average molecular weight is 438 g/mol. The van der Waals surface area contributed by atoms with E-state index in [4.69, 9.17) is 9.26 Å². The van der Waals surface area contributed by atoms with Gasteiger partial charge < -0.3 is 9.26 Å². The number of halogens is 1. The highest BCUT2D eigenvalue weighted by atomic mass is 32.2. The van der Waals surface area contributed by atoms with Crippen LogP contribution in [0.3, 0.4) is 0 Å². The number of piperidine rings is 1. The van der Waals surface area contributed by atoms with Gasteiger partial charge in [-0.2, -0.15) is 20.6 Å². The molecule has 1 aromatic carbocycles. The number of sulfonamides is 1. The molecule has 3 heterocycles. The summed E-state index contributed by atoms with van der Waals surface area (Å²) in [5.74, 6) is 0.564. The smallest absolute Gasteiger partial charge is 0.246 e. The Morgan fingerprint density at radius 2 is 2.24 bits per heavy atom. The molecule has 154 valence electrons. The Balaban J connectivity index is 1.50. The molecule has 2 aromatic heterocycles. The Hall–Kier alpha value is -2.30. The van der Waals surface area contributed by atoms with Gasteiger partial charge in [0.15, 0.2) is 0 Å². The van der Waals surface area contributed by atoms with Crippen molar-refractivity contribution < 1.29 is 22.1 Å². The topological polar surface area (TPSA) is 85.5 Å². The minimum Gasteiger partial charge on any atom is -0.495 e. The highest BCUT2D eigenvalue weighted by molar-refractivity contribution is 7.89. The SMILES string of the molecule is COc1ccc(F)cc1S(=O)(=O)N1CCCC(Cc2nc(-c3ccsc3)no2)C1. The zero-order valence-corrected chi connectivity index (χ0v) is 17.4. The standard InChI is InChI=1S/C19H20FN3O4S2/c1-26-16-5-4-15(20)10-17(16)29(24,25)23-7-2-3-13(11-23)9-18-21-19(22-27-18)14-6-8-28-12-14/h4-6,8,10,12-13H,2-3,7,9,11H2,1H3. The molecule has 1 unspecified atom stereocenters. The Bertz CT molecular complexity index is 1080. The van der Waals surface area contributed by atoms with E-state index in [-0.39, 0.29) is 16.6 Å². The monoisotopic (exact) mass is 437 g/mol. The zero-order chi connectivity index (χ0) is 20.4. The molecule has 0 bridgehead atoms. The molecule has 0 radical (unpaired) electrons. The first kappa shape index (κ1) is 20.0. The second-order valence-electron chi connectivity index (χ2n) is 6.89. The third-order valence-corrected chi connectivity index (χ3v) is 7.51. The van der Waals surface area contributed by atoms with Gasteiger partial charge in [0.1, 0.15) is 16.5 Å². The van der Waals surface area contributed by atoms with E-state index in [0.717, 1.165) is 18.1 Å². The lowest BCUT2D eigenvalue weighted by atomic mass is 9.96. The molecule has 1 saturated heterocycles. The van der Waals surface area contributed by atoms with Crippen LogP contribution in [0.1, 0.15) is 18.7 Å². The number of hydrogen-bond donors (Lipinski definition) is 0. The summed E-state index contributed by atoms with van der Waals surface area (Å²) < 4.78 is 51.8. The van der Waals surface area contributed by atoms with Crippen LogP contribution < -0.4 is 4.74 Å². The molecule has 1 atom stereocenters. The fourth-order valence-corrected chi connectivity index (χ4v) is 5.85. The molecule has 4 rings (SSSR count). The number of benzene rings is 1. The summed E-state index contributed by atoms with van der Waals surface area (Å²) in [5, 5.41) is 7.88. The summed E-state index contributed by atoms with van der Waals surface area (Å²) in [4.78, 5) is 4.27. The van der Waals surface area contributed by atoms with Crippen molar-refractivity contribution in [2.45, 2.75) is 24.2 Å². The highest BCUT2D eigenvalue weighted by Gasteiger charge is 2.33. The quantitative estimate of drug-likeness (QED) is 0.586. The van der Waals surface area contributed by atoms with Crippen LogP contribution in [0.2, 0.25) is 0 Å². The maximum absolute atomic E-state index is 13.7. The van der Waals surface area contributed by atoms with Crippen molar-refractivity contribution in [2.24, 2.45) is 5.92 Å². The Morgan fingerprint density at radius 1 is 1.38 bits per heavy atom. The summed E-state index contributed by atoms with van der Waals surface area (Å²) in [6.07, 6.45) is 2.04. The fourth-order valence-electron chi connectivity index (χ4n) is 3.50. The fraction of sp³-hybridized carbons (Fsp3) is 0.368. The molecule has 29 heavy (non-hydrogen) atoms. The first-order valence-electron chi connectivity index (χ1n) is 9.16. The van der Waals surface area contributed by atoms with E-state index < -0.39 is 15.8 Å². The Labute approximate surface area is 172 Å². The van der Waals surface area contributed by atoms with Crippen LogP contribution >= 0.6 is 11.3 Å². The van der Waals surface area contributed by atoms with Crippen LogP contribution in [0.4, 0.5) is 4.39 Å². The van der Waals surface area contributed by atoms with Crippen molar-refractivity contribution in [1.29, 1.82) is 0 Å². The predicted molar refractivity (Wildman–Crippen MR) is 106 cm³/mol. The minimum atomic E-state index is -3.88. The molecule has 1 fully saturated rings. The number of aromatic nitrogens is 2. The first-order chi connectivity index (χ1) is 14.0. The van der Waals surface area contributed by atoms with Crippen molar-refractivity contribution in [2.75, 3.05) is 20.2 Å². The molecular formula is C19H20FN3O4S2. The lowest BCUT2D eigenvalue weighted by molar-refractivity contribution is 0.246. The molecular weight excluding hydrogens is 417 g/mol. The second kappa shape index (κ2) is 8.21. The van der Waals surface area contributed by atoms with Gasteiger partial charge in [-0.3, -0.25) is 0 Å². The van der Waals surface area contributed by atoms with Crippen LogP contribution in [0.5, 0.6) is 5.75 Å². The van der Waals surface area contributed by atoms with Crippen molar-refractivity contribution in [3.8, 4) is 17.1 Å². The molecule has 0 aliphatic carbocycles. The number of nitrogens with zero attached hydrogens (tertiary/aromatic N) is 3. The molecule has 3 aromatic rings. The van der Waals surface area contributed by atoms with Gasteiger partial charge in [-0.1, -0.05) is 5.16 Å². The van der Waals surface area contributed by atoms with E-state index in [0.29, 0.717) is 37.6 Å². The molecule has 0 amide bonds. The largest absolute Gasteiger partial charge is 0.495 e. The summed E-state index contributed by atoms with van der Waals surface area (Å²) >= 11 is 1.55. The highest BCUT2D eigenvalue weighted by Crippen LogP contribution is 2.31. The summed E-state index contributed by atoms with van der Waals surface area (Å²) in [7, 11) is -2.51. The van der Waals surface area contributed by atoms with Gasteiger partial charge in [-0.05, 0) is 48.4 Å². The number of hydrogen-bond acceptors (Lipinski definition) is 7. The van der Waals surface area contributed by atoms with Gasteiger partial charge in [0, 0.05) is 30.5 Å². The van der Waals surface area contributed by atoms with Crippen LogP contribution in [-0.2, 0) is 16.4 Å². The van der Waals surface area contributed by atoms with Gasteiger partial charge >= 0.3 is 0 Å². The second-order valence-corrected chi connectivity index (χ2v) is 9.58. The van der Waals surface area contributed by atoms with Crippen molar-refractivity contribution in [3.63, 3.8) is 0 Å². The summed E-state index contributed by atoms with van der Waals surface area (Å²) in [5.41, 5.74) is 0.899. The molecule has 7 nitrogen and oxygen atoms in total. The lowest BCUT2D eigenvalue weighted by Crippen LogP contribution is -2.40. The van der Waals surface area contributed by atoms with Gasteiger partial charge in [-0.25, -0.2) is 12.8 Å². The van der Waals surface area contributed by atoms with Crippen molar-refractivity contribution in [3.05, 3.63) is 46.7 Å². The van der Waals surface area contributed by atoms with E-state index in [9.17, 15) is 12.8 Å². The molecule has 10 heteroatoms. The van der Waals surface area contributed by atoms with Gasteiger partial charge in [0.25, 0.3) is 0 Å². The normalized spacial score (nSPS) is 18.1. The van der Waals surface area contributed by atoms with E-state index in [1.165, 1.54) is 23.5 Å². The molecule has 0 saturated carbocycles. The van der Waals surface area contributed by atoms with E-state index in [1.54, 1.807) is 11.3 Å². The van der Waals surface area contributed by atoms with Gasteiger partial charge in [0.2, 0.25) is 21.7 Å². The van der Waals surface area contributed by atoms with Crippen LogP contribution in [0.25, 0.3) is 11.4 Å². The number of thiophene rings is 1. The van der Waals surface area contributed by atoms with Crippen molar-refractivity contribution in [1.82, 2.24) is 14.4 Å². The third-order valence-electron chi connectivity index (χ3n) is 4.94. The predicted octanol–water partition coefficient (Wildman–Crippen LogP) is 3.59. The Kier molecular flexibility index (Phi) is 5.66. The molecule has 1 aliphatic heterocycles. The van der Waals surface area contributed by atoms with Gasteiger partial charge in [0.05, 0.1) is 7.11 Å². The van der Waals surface area contributed by atoms with E-state index >= 15 is 0 Å². The summed E-state index contributed by atoms with van der Waals surface area (Å²) in [6.45, 7) is 0.681. The maximum Gasteiger partial charge on any atom is 0.246 e. The zero-order valence-electron chi connectivity index (χ0n) is 15.7.